The van der Waals surface area contributed by atoms with Gasteiger partial charge in [-0.3, -0.25) is 4.79 Å². The average Bonchev–Trinajstić information content (AvgIpc) is 2.93. The first-order valence-electron chi connectivity index (χ1n) is 8.91. The van der Waals surface area contributed by atoms with Crippen LogP contribution in [0, 0.1) is 0 Å². The number of hydrogen-bond donors (Lipinski definition) is 0. The molecule has 144 valence electrons. The first kappa shape index (κ1) is 19.1. The maximum absolute atomic E-state index is 12.6. The fourth-order valence-electron chi connectivity index (χ4n) is 3.10. The van der Waals surface area contributed by atoms with Crippen LogP contribution in [-0.2, 0) is 17.4 Å². The molecule has 8 heteroatoms. The van der Waals surface area contributed by atoms with Crippen LogP contribution in [0.4, 0.5) is 19.0 Å². The van der Waals surface area contributed by atoms with Gasteiger partial charge < -0.3 is 9.80 Å². The van der Waals surface area contributed by atoms with Gasteiger partial charge in [0.1, 0.15) is 0 Å². The highest BCUT2D eigenvalue weighted by Crippen LogP contribution is 2.27. The number of anilines is 1. The Morgan fingerprint density at radius 3 is 2.41 bits per heavy atom. The van der Waals surface area contributed by atoms with E-state index in [0.717, 1.165) is 18.1 Å². The van der Waals surface area contributed by atoms with Gasteiger partial charge in [-0.25, -0.2) is 0 Å². The van der Waals surface area contributed by atoms with E-state index in [-0.39, 0.29) is 5.91 Å². The van der Waals surface area contributed by atoms with Gasteiger partial charge in [0, 0.05) is 32.6 Å². The summed E-state index contributed by atoms with van der Waals surface area (Å²) in [5.41, 5.74) is 0.126. The zero-order chi connectivity index (χ0) is 19.3. The van der Waals surface area contributed by atoms with Crippen molar-refractivity contribution in [2.75, 3.05) is 31.1 Å². The van der Waals surface area contributed by atoms with Crippen molar-refractivity contribution in [1.82, 2.24) is 15.1 Å². The highest BCUT2D eigenvalue weighted by Gasteiger charge is 2.33. The summed E-state index contributed by atoms with van der Waals surface area (Å²) in [6.45, 7) is 2.31. The summed E-state index contributed by atoms with van der Waals surface area (Å²) < 4.78 is 37.8. The molecule has 0 radical (unpaired) electrons. The van der Waals surface area contributed by atoms with E-state index < -0.39 is 11.9 Å². The minimum atomic E-state index is -4.49. The lowest BCUT2D eigenvalue weighted by molar-refractivity contribution is -0.141. The Kier molecular flexibility index (Phi) is 5.93. The molecule has 1 amide bonds. The first-order valence-corrected chi connectivity index (χ1v) is 8.91. The number of amides is 1. The van der Waals surface area contributed by atoms with E-state index in [1.165, 1.54) is 6.07 Å². The zero-order valence-corrected chi connectivity index (χ0v) is 14.8. The monoisotopic (exact) mass is 378 g/mol. The fourth-order valence-corrected chi connectivity index (χ4v) is 3.10. The molecule has 1 aromatic heterocycles. The lowest BCUT2D eigenvalue weighted by Gasteiger charge is -2.22. The first-order chi connectivity index (χ1) is 12.9. The second-order valence-electron chi connectivity index (χ2n) is 6.48. The largest absolute Gasteiger partial charge is 0.435 e. The van der Waals surface area contributed by atoms with E-state index in [1.54, 1.807) is 0 Å². The Morgan fingerprint density at radius 1 is 0.963 bits per heavy atom. The number of rotatable bonds is 4. The quantitative estimate of drug-likeness (QED) is 0.820. The molecule has 5 nitrogen and oxygen atoms in total. The Balaban J connectivity index is 1.54. The van der Waals surface area contributed by atoms with Gasteiger partial charge in [-0.1, -0.05) is 30.3 Å². The maximum atomic E-state index is 12.6. The van der Waals surface area contributed by atoms with Crippen molar-refractivity contribution >= 4 is 11.7 Å². The van der Waals surface area contributed by atoms with Crippen LogP contribution in [0.5, 0.6) is 0 Å². The van der Waals surface area contributed by atoms with Gasteiger partial charge >= 0.3 is 6.18 Å². The lowest BCUT2D eigenvalue weighted by atomic mass is 10.1. The molecule has 1 saturated heterocycles. The lowest BCUT2D eigenvalue weighted by Crippen LogP contribution is -2.35. The van der Waals surface area contributed by atoms with E-state index in [9.17, 15) is 18.0 Å². The predicted octanol–water partition coefficient (Wildman–Crippen LogP) is 3.17. The molecular formula is C19H21F3N4O. The van der Waals surface area contributed by atoms with Crippen LogP contribution >= 0.6 is 0 Å². The summed E-state index contributed by atoms with van der Waals surface area (Å²) in [6.07, 6.45) is -2.61. The molecule has 1 fully saturated rings. The predicted molar refractivity (Wildman–Crippen MR) is 95.2 cm³/mol. The van der Waals surface area contributed by atoms with Crippen LogP contribution in [0.1, 0.15) is 24.1 Å². The SMILES string of the molecule is O=C(CCc1ccccc1)N1CCCN(c2ccc(C(F)(F)F)nn2)CC1. The van der Waals surface area contributed by atoms with E-state index in [1.807, 2.05) is 40.1 Å². The number of alkyl halides is 3. The number of carbonyl (C=O) groups excluding carboxylic acids is 1. The zero-order valence-electron chi connectivity index (χ0n) is 14.8. The Morgan fingerprint density at radius 2 is 1.74 bits per heavy atom. The molecule has 3 rings (SSSR count). The van der Waals surface area contributed by atoms with Gasteiger partial charge in [0.15, 0.2) is 11.5 Å². The molecule has 1 aromatic carbocycles. The minimum absolute atomic E-state index is 0.0965. The topological polar surface area (TPSA) is 49.3 Å². The van der Waals surface area contributed by atoms with Crippen molar-refractivity contribution < 1.29 is 18.0 Å². The van der Waals surface area contributed by atoms with Crippen LogP contribution < -0.4 is 4.90 Å². The summed E-state index contributed by atoms with van der Waals surface area (Å²) in [4.78, 5) is 16.2. The van der Waals surface area contributed by atoms with Crippen molar-refractivity contribution in [2.24, 2.45) is 0 Å². The average molecular weight is 378 g/mol. The molecular weight excluding hydrogens is 357 g/mol. The van der Waals surface area contributed by atoms with Gasteiger partial charge in [-0.2, -0.15) is 13.2 Å². The Bertz CT molecular complexity index is 750. The van der Waals surface area contributed by atoms with Gasteiger partial charge in [0.2, 0.25) is 5.91 Å². The molecule has 2 aromatic rings. The molecule has 0 atom stereocenters. The van der Waals surface area contributed by atoms with E-state index in [2.05, 4.69) is 10.2 Å². The summed E-state index contributed by atoms with van der Waals surface area (Å²) in [6, 6.07) is 12.1. The Hall–Kier alpha value is -2.64. The molecule has 2 heterocycles. The molecule has 0 saturated carbocycles. The van der Waals surface area contributed by atoms with Crippen LogP contribution in [0.2, 0.25) is 0 Å². The summed E-state index contributed by atoms with van der Waals surface area (Å²) >= 11 is 0. The molecule has 0 unspecified atom stereocenters. The van der Waals surface area contributed by atoms with Crippen LogP contribution in [0.25, 0.3) is 0 Å². The van der Waals surface area contributed by atoms with Gasteiger partial charge in [-0.05, 0) is 30.5 Å². The number of aromatic nitrogens is 2. The number of benzene rings is 1. The molecule has 27 heavy (non-hydrogen) atoms. The van der Waals surface area contributed by atoms with Crippen molar-refractivity contribution in [3.8, 4) is 0 Å². The third kappa shape index (κ3) is 5.18. The van der Waals surface area contributed by atoms with Crippen molar-refractivity contribution in [3.05, 3.63) is 53.7 Å². The normalized spacial score (nSPS) is 15.5. The number of nitrogens with zero attached hydrogens (tertiary/aromatic N) is 4. The summed E-state index contributed by atoms with van der Waals surface area (Å²) in [5.74, 6) is 0.501. The van der Waals surface area contributed by atoms with Gasteiger partial charge in [0.05, 0.1) is 0 Å². The summed E-state index contributed by atoms with van der Waals surface area (Å²) in [5, 5.41) is 6.98. The van der Waals surface area contributed by atoms with Crippen LogP contribution in [-0.4, -0.2) is 47.2 Å². The van der Waals surface area contributed by atoms with Crippen molar-refractivity contribution in [1.29, 1.82) is 0 Å². The highest BCUT2D eigenvalue weighted by molar-refractivity contribution is 5.76. The number of carbonyl (C=O) groups is 1. The molecule has 0 N–H and O–H groups in total. The van der Waals surface area contributed by atoms with Gasteiger partial charge in [0.25, 0.3) is 0 Å². The van der Waals surface area contributed by atoms with E-state index >= 15 is 0 Å². The third-order valence-corrected chi connectivity index (χ3v) is 4.58. The molecule has 0 aliphatic carbocycles. The number of halogens is 3. The smallest absolute Gasteiger partial charge is 0.353 e. The van der Waals surface area contributed by atoms with Crippen molar-refractivity contribution in [2.45, 2.75) is 25.4 Å². The number of aryl methyl sites for hydroxylation is 1. The molecule has 1 aliphatic heterocycles. The number of hydrogen-bond acceptors (Lipinski definition) is 4. The van der Waals surface area contributed by atoms with E-state index in [4.69, 9.17) is 0 Å². The second-order valence-corrected chi connectivity index (χ2v) is 6.48. The second kappa shape index (κ2) is 8.37. The van der Waals surface area contributed by atoms with Crippen LogP contribution in [0.3, 0.4) is 0 Å². The third-order valence-electron chi connectivity index (χ3n) is 4.58. The fraction of sp³-hybridized carbons (Fsp3) is 0.421. The summed E-state index contributed by atoms with van der Waals surface area (Å²) in [7, 11) is 0. The maximum Gasteiger partial charge on any atom is 0.435 e. The molecule has 0 bridgehead atoms. The standard InChI is InChI=1S/C19H21F3N4O/c20-19(21,22)16-8-9-17(24-23-16)25-11-4-12-26(14-13-25)18(27)10-7-15-5-2-1-3-6-15/h1-3,5-6,8-9H,4,7,10-14H2. The van der Waals surface area contributed by atoms with Crippen LogP contribution in [0.15, 0.2) is 42.5 Å². The minimum Gasteiger partial charge on any atom is -0.353 e. The van der Waals surface area contributed by atoms with E-state index in [0.29, 0.717) is 44.8 Å². The highest BCUT2D eigenvalue weighted by atomic mass is 19.4. The molecule has 1 aliphatic rings. The molecule has 0 spiro atoms. The Labute approximate surface area is 155 Å². The van der Waals surface area contributed by atoms with Crippen molar-refractivity contribution in [3.63, 3.8) is 0 Å². The van der Waals surface area contributed by atoms with Gasteiger partial charge in [-0.15, -0.1) is 10.2 Å².